The molecule has 3 aromatic rings. The van der Waals surface area contributed by atoms with Crippen LogP contribution in [0.4, 0.5) is 0 Å². The van der Waals surface area contributed by atoms with Crippen molar-refractivity contribution < 1.29 is 9.21 Å². The van der Waals surface area contributed by atoms with E-state index in [4.69, 9.17) is 4.42 Å². The number of nitrogens with zero attached hydrogens (tertiary/aromatic N) is 4. The van der Waals surface area contributed by atoms with Crippen LogP contribution in [-0.2, 0) is 24.3 Å². The van der Waals surface area contributed by atoms with Crippen molar-refractivity contribution in [1.82, 2.24) is 19.7 Å². The normalized spacial score (nSPS) is 14.8. The summed E-state index contributed by atoms with van der Waals surface area (Å²) in [5, 5.41) is 9.23. The number of aromatic nitrogens is 3. The van der Waals surface area contributed by atoms with Crippen LogP contribution in [0.3, 0.4) is 0 Å². The SMILES string of the molecule is CC(C)Cn1c(SC(C)C(=O)N2CCc3ccccc3C2)nnc1-c1ccco1. The van der Waals surface area contributed by atoms with Crippen LogP contribution in [0, 0.1) is 5.92 Å². The van der Waals surface area contributed by atoms with Crippen LogP contribution in [0.25, 0.3) is 11.6 Å². The molecule has 0 saturated heterocycles. The lowest BCUT2D eigenvalue weighted by molar-refractivity contribution is -0.131. The topological polar surface area (TPSA) is 64.2 Å². The van der Waals surface area contributed by atoms with E-state index in [0.29, 0.717) is 24.0 Å². The van der Waals surface area contributed by atoms with Crippen molar-refractivity contribution in [3.05, 3.63) is 53.8 Å². The van der Waals surface area contributed by atoms with E-state index in [9.17, 15) is 4.79 Å². The van der Waals surface area contributed by atoms with Gasteiger partial charge in [-0.05, 0) is 42.5 Å². The zero-order chi connectivity index (χ0) is 20.4. The quantitative estimate of drug-likeness (QED) is 0.568. The molecule has 3 heterocycles. The first-order valence-corrected chi connectivity index (χ1v) is 10.9. The summed E-state index contributed by atoms with van der Waals surface area (Å²) < 4.78 is 7.59. The Balaban J connectivity index is 1.51. The van der Waals surface area contributed by atoms with Crippen molar-refractivity contribution >= 4 is 17.7 Å². The fourth-order valence-electron chi connectivity index (χ4n) is 3.64. The second kappa shape index (κ2) is 8.45. The molecule has 0 bridgehead atoms. The molecule has 0 spiro atoms. The summed E-state index contributed by atoms with van der Waals surface area (Å²) in [7, 11) is 0. The highest BCUT2D eigenvalue weighted by molar-refractivity contribution is 8.00. The third-order valence-corrected chi connectivity index (χ3v) is 6.15. The predicted molar refractivity (Wildman–Crippen MR) is 113 cm³/mol. The van der Waals surface area contributed by atoms with Crippen LogP contribution < -0.4 is 0 Å². The van der Waals surface area contributed by atoms with E-state index in [1.807, 2.05) is 30.0 Å². The van der Waals surface area contributed by atoms with Crippen LogP contribution in [0.2, 0.25) is 0 Å². The van der Waals surface area contributed by atoms with E-state index in [0.717, 1.165) is 24.7 Å². The number of fused-ring (bicyclic) bond motifs is 1. The van der Waals surface area contributed by atoms with Gasteiger partial charge in [0.2, 0.25) is 5.91 Å². The van der Waals surface area contributed by atoms with Gasteiger partial charge in [-0.2, -0.15) is 0 Å². The van der Waals surface area contributed by atoms with Gasteiger partial charge in [0.05, 0.1) is 11.5 Å². The molecule has 1 amide bonds. The smallest absolute Gasteiger partial charge is 0.236 e. The van der Waals surface area contributed by atoms with E-state index in [1.54, 1.807) is 6.26 Å². The first-order chi connectivity index (χ1) is 14.0. The third-order valence-electron chi connectivity index (χ3n) is 5.08. The van der Waals surface area contributed by atoms with Crippen molar-refractivity contribution in [2.75, 3.05) is 6.54 Å². The molecule has 7 heteroatoms. The Morgan fingerprint density at radius 2 is 1.93 bits per heavy atom. The maximum absolute atomic E-state index is 13.1. The molecule has 0 radical (unpaired) electrons. The van der Waals surface area contributed by atoms with Crippen LogP contribution in [0.1, 0.15) is 31.9 Å². The molecule has 0 N–H and O–H groups in total. The number of amides is 1. The summed E-state index contributed by atoms with van der Waals surface area (Å²) >= 11 is 1.47. The summed E-state index contributed by atoms with van der Waals surface area (Å²) in [6, 6.07) is 12.1. The van der Waals surface area contributed by atoms with E-state index in [2.05, 4.69) is 46.8 Å². The number of furan rings is 1. The lowest BCUT2D eigenvalue weighted by Crippen LogP contribution is -2.40. The van der Waals surface area contributed by atoms with Crippen LogP contribution in [0.15, 0.2) is 52.2 Å². The fourth-order valence-corrected chi connectivity index (χ4v) is 4.59. The number of rotatable bonds is 6. The molecule has 1 atom stereocenters. The van der Waals surface area contributed by atoms with E-state index >= 15 is 0 Å². The van der Waals surface area contributed by atoms with Gasteiger partial charge < -0.3 is 9.32 Å². The Morgan fingerprint density at radius 1 is 1.14 bits per heavy atom. The Bertz CT molecular complexity index is 981. The monoisotopic (exact) mass is 410 g/mol. The van der Waals surface area contributed by atoms with E-state index < -0.39 is 0 Å². The Hall–Kier alpha value is -2.54. The molecule has 6 nitrogen and oxygen atoms in total. The number of thioether (sulfide) groups is 1. The predicted octanol–water partition coefficient (Wildman–Crippen LogP) is 4.26. The third kappa shape index (κ3) is 4.24. The first-order valence-electron chi connectivity index (χ1n) is 10.0. The van der Waals surface area contributed by atoms with Gasteiger partial charge in [0.25, 0.3) is 0 Å². The molecule has 1 aliphatic heterocycles. The molecule has 2 aromatic heterocycles. The van der Waals surface area contributed by atoms with Crippen molar-refractivity contribution in [2.45, 2.75) is 50.7 Å². The molecule has 29 heavy (non-hydrogen) atoms. The van der Waals surface area contributed by atoms with Crippen molar-refractivity contribution in [2.24, 2.45) is 5.92 Å². The summed E-state index contributed by atoms with van der Waals surface area (Å²) in [4.78, 5) is 15.1. The van der Waals surface area contributed by atoms with Gasteiger partial charge >= 0.3 is 0 Å². The average molecular weight is 411 g/mol. The molecule has 1 aromatic carbocycles. The van der Waals surface area contributed by atoms with Crippen LogP contribution in [0.5, 0.6) is 0 Å². The molecule has 0 fully saturated rings. The maximum atomic E-state index is 13.1. The van der Waals surface area contributed by atoms with Gasteiger partial charge in [0, 0.05) is 19.6 Å². The second-order valence-corrected chi connectivity index (χ2v) is 9.13. The Morgan fingerprint density at radius 3 is 2.66 bits per heavy atom. The number of hydrogen-bond acceptors (Lipinski definition) is 5. The standard InChI is InChI=1S/C22H26N4O2S/c1-15(2)13-26-20(19-9-6-12-28-19)23-24-22(26)29-16(3)21(27)25-11-10-17-7-4-5-8-18(17)14-25/h4-9,12,15-16H,10-11,13-14H2,1-3H3. The van der Waals surface area contributed by atoms with E-state index in [1.165, 1.54) is 22.9 Å². The number of carbonyl (C=O) groups excluding carboxylic acids is 1. The molecule has 0 aliphatic carbocycles. The largest absolute Gasteiger partial charge is 0.461 e. The van der Waals surface area contributed by atoms with Gasteiger partial charge in [-0.25, -0.2) is 0 Å². The van der Waals surface area contributed by atoms with Gasteiger partial charge in [-0.1, -0.05) is 49.9 Å². The highest BCUT2D eigenvalue weighted by Gasteiger charge is 2.27. The Kier molecular flexibility index (Phi) is 5.76. The Labute approximate surface area is 175 Å². The maximum Gasteiger partial charge on any atom is 0.236 e. The van der Waals surface area contributed by atoms with Gasteiger partial charge in [0.15, 0.2) is 16.7 Å². The summed E-state index contributed by atoms with van der Waals surface area (Å²) in [6.45, 7) is 8.46. The lowest BCUT2D eigenvalue weighted by atomic mass is 10.00. The van der Waals surface area contributed by atoms with Crippen molar-refractivity contribution in [3.63, 3.8) is 0 Å². The minimum atomic E-state index is -0.236. The lowest BCUT2D eigenvalue weighted by Gasteiger charge is -2.30. The number of benzene rings is 1. The fraction of sp³-hybridized carbons (Fsp3) is 0.409. The van der Waals surface area contributed by atoms with Crippen LogP contribution in [-0.4, -0.2) is 37.4 Å². The summed E-state index contributed by atoms with van der Waals surface area (Å²) in [5.74, 6) is 1.96. The molecule has 152 valence electrons. The molecule has 1 unspecified atom stereocenters. The zero-order valence-corrected chi connectivity index (χ0v) is 17.9. The van der Waals surface area contributed by atoms with Gasteiger partial charge in [-0.3, -0.25) is 9.36 Å². The molecular weight excluding hydrogens is 384 g/mol. The van der Waals surface area contributed by atoms with Crippen molar-refractivity contribution in [1.29, 1.82) is 0 Å². The molecular formula is C22H26N4O2S. The summed E-state index contributed by atoms with van der Waals surface area (Å²) in [6.07, 6.45) is 2.54. The first kappa shape index (κ1) is 19.8. The van der Waals surface area contributed by atoms with Gasteiger partial charge in [-0.15, -0.1) is 10.2 Å². The number of hydrogen-bond donors (Lipinski definition) is 0. The number of carbonyl (C=O) groups is 1. The van der Waals surface area contributed by atoms with Crippen molar-refractivity contribution in [3.8, 4) is 11.6 Å². The second-order valence-electron chi connectivity index (χ2n) is 7.83. The average Bonchev–Trinajstić information content (AvgIpc) is 3.37. The van der Waals surface area contributed by atoms with E-state index in [-0.39, 0.29) is 11.2 Å². The van der Waals surface area contributed by atoms with Gasteiger partial charge in [0.1, 0.15) is 0 Å². The highest BCUT2D eigenvalue weighted by atomic mass is 32.2. The zero-order valence-electron chi connectivity index (χ0n) is 17.0. The minimum Gasteiger partial charge on any atom is -0.461 e. The molecule has 0 saturated carbocycles. The van der Waals surface area contributed by atoms with Crippen LogP contribution >= 0.6 is 11.8 Å². The molecule has 1 aliphatic rings. The minimum absolute atomic E-state index is 0.142. The highest BCUT2D eigenvalue weighted by Crippen LogP contribution is 2.29. The summed E-state index contributed by atoms with van der Waals surface area (Å²) in [5.41, 5.74) is 2.59. The molecule has 4 rings (SSSR count).